The molecule has 2 aromatic carbocycles. The third-order valence-corrected chi connectivity index (χ3v) is 6.18. The Kier molecular flexibility index (Phi) is 8.29. The summed E-state index contributed by atoms with van der Waals surface area (Å²) in [4.78, 5) is 24.1. The molecule has 9 nitrogen and oxygen atoms in total. The Morgan fingerprint density at radius 2 is 1.67 bits per heavy atom. The second-order valence-corrected chi connectivity index (χ2v) is 9.72. The fourth-order valence-corrected chi connectivity index (χ4v) is 4.23. The van der Waals surface area contributed by atoms with Crippen molar-refractivity contribution in [1.29, 1.82) is 0 Å². The van der Waals surface area contributed by atoms with Gasteiger partial charge >= 0.3 is 0 Å². The Balaban J connectivity index is 1.48. The highest BCUT2D eigenvalue weighted by Crippen LogP contribution is 2.31. The van der Waals surface area contributed by atoms with Crippen molar-refractivity contribution in [2.24, 2.45) is 0 Å². The Morgan fingerprint density at radius 3 is 2.36 bits per heavy atom. The first-order valence-corrected chi connectivity index (χ1v) is 12.3. The van der Waals surface area contributed by atoms with Gasteiger partial charge in [0.05, 0.1) is 24.5 Å². The lowest BCUT2D eigenvalue weighted by Crippen LogP contribution is -2.31. The summed E-state index contributed by atoms with van der Waals surface area (Å²) in [5.41, 5.74) is 1.40. The summed E-state index contributed by atoms with van der Waals surface area (Å²) in [6.07, 6.45) is 0.941. The van der Waals surface area contributed by atoms with Crippen molar-refractivity contribution >= 4 is 27.5 Å². The Bertz CT molecular complexity index is 1080. The molecule has 0 atom stereocenters. The molecule has 2 aromatic rings. The van der Waals surface area contributed by atoms with E-state index in [1.165, 1.54) is 12.1 Å². The number of anilines is 1. The van der Waals surface area contributed by atoms with Gasteiger partial charge in [0.15, 0.2) is 11.5 Å². The first kappa shape index (κ1) is 24.5. The van der Waals surface area contributed by atoms with Crippen LogP contribution >= 0.6 is 0 Å². The summed E-state index contributed by atoms with van der Waals surface area (Å²) in [7, 11) is -3.80. The molecule has 2 amide bonds. The van der Waals surface area contributed by atoms with E-state index < -0.39 is 10.0 Å². The molecule has 0 unspecified atom stereocenters. The maximum absolute atomic E-state index is 12.6. The van der Waals surface area contributed by atoms with Crippen molar-refractivity contribution in [1.82, 2.24) is 10.0 Å². The normalized spacial score (nSPS) is 13.3. The molecular formula is C23H29N3O6S. The molecule has 0 aromatic heterocycles. The van der Waals surface area contributed by atoms with Gasteiger partial charge in [-0.25, -0.2) is 13.1 Å². The largest absolute Gasteiger partial charge is 0.490 e. The Hall–Kier alpha value is -3.11. The van der Waals surface area contributed by atoms with Gasteiger partial charge in [-0.1, -0.05) is 12.1 Å². The molecule has 0 spiro atoms. The summed E-state index contributed by atoms with van der Waals surface area (Å²) in [5, 5.41) is 5.54. The number of amides is 2. The van der Waals surface area contributed by atoms with Crippen molar-refractivity contribution in [3.05, 3.63) is 48.0 Å². The lowest BCUT2D eigenvalue weighted by atomic mass is 10.1. The molecule has 0 aliphatic carbocycles. The van der Waals surface area contributed by atoms with Crippen LogP contribution in [0.25, 0.3) is 0 Å². The number of carbonyl (C=O) groups excluding carboxylic acids is 2. The third kappa shape index (κ3) is 7.47. The summed E-state index contributed by atoms with van der Waals surface area (Å²) in [5.74, 6) is 0.500. The number of hydrogen-bond donors (Lipinski definition) is 3. The van der Waals surface area contributed by atoms with Crippen LogP contribution in [0.15, 0.2) is 47.4 Å². The van der Waals surface area contributed by atoms with Gasteiger partial charge in [-0.15, -0.1) is 0 Å². The molecule has 33 heavy (non-hydrogen) atoms. The fourth-order valence-electron chi connectivity index (χ4n) is 3.18. The van der Waals surface area contributed by atoms with E-state index in [2.05, 4.69) is 15.4 Å². The molecule has 0 fully saturated rings. The number of hydrogen-bond acceptors (Lipinski definition) is 6. The third-order valence-electron chi connectivity index (χ3n) is 4.73. The van der Waals surface area contributed by atoms with Crippen LogP contribution in [0.2, 0.25) is 0 Å². The number of nitrogens with one attached hydrogen (secondary N) is 3. The average molecular weight is 476 g/mol. The van der Waals surface area contributed by atoms with E-state index in [0.717, 1.165) is 12.0 Å². The van der Waals surface area contributed by atoms with Crippen molar-refractivity contribution in [2.75, 3.05) is 25.1 Å². The van der Waals surface area contributed by atoms with E-state index in [9.17, 15) is 18.0 Å². The van der Waals surface area contributed by atoms with Crippen LogP contribution in [0.5, 0.6) is 11.5 Å². The number of fused-ring (bicyclic) bond motifs is 1. The van der Waals surface area contributed by atoms with Crippen LogP contribution in [-0.4, -0.2) is 46.0 Å². The van der Waals surface area contributed by atoms with E-state index in [-0.39, 0.29) is 42.1 Å². The molecule has 1 aliphatic rings. The van der Waals surface area contributed by atoms with E-state index in [4.69, 9.17) is 9.47 Å². The highest BCUT2D eigenvalue weighted by Gasteiger charge is 2.19. The van der Waals surface area contributed by atoms with Gasteiger partial charge in [-0.05, 0) is 43.7 Å². The van der Waals surface area contributed by atoms with Crippen LogP contribution in [0.4, 0.5) is 5.69 Å². The summed E-state index contributed by atoms with van der Waals surface area (Å²) in [6.45, 7) is 4.71. The predicted molar refractivity (Wildman–Crippen MR) is 124 cm³/mol. The van der Waals surface area contributed by atoms with Gasteiger partial charge in [0.2, 0.25) is 21.8 Å². The van der Waals surface area contributed by atoms with Crippen LogP contribution in [-0.2, 0) is 26.0 Å². The SMILES string of the molecule is CC(C)NC(=O)Cc1ccc(NC(=O)CCNS(=O)(=O)c2ccc3c(c2)OCCCO3)cc1. The van der Waals surface area contributed by atoms with Crippen molar-refractivity contribution < 1.29 is 27.5 Å². The Morgan fingerprint density at radius 1 is 0.970 bits per heavy atom. The molecule has 178 valence electrons. The predicted octanol–water partition coefficient (Wildman–Crippen LogP) is 2.22. The van der Waals surface area contributed by atoms with E-state index in [1.54, 1.807) is 30.3 Å². The summed E-state index contributed by atoms with van der Waals surface area (Å²) in [6, 6.07) is 11.5. The number of carbonyl (C=O) groups is 2. The zero-order valence-corrected chi connectivity index (χ0v) is 19.5. The van der Waals surface area contributed by atoms with Crippen LogP contribution in [0, 0.1) is 0 Å². The molecular weight excluding hydrogens is 446 g/mol. The maximum Gasteiger partial charge on any atom is 0.240 e. The fraction of sp³-hybridized carbons (Fsp3) is 0.391. The number of sulfonamides is 1. The molecule has 1 aliphatic heterocycles. The number of rotatable bonds is 9. The van der Waals surface area contributed by atoms with E-state index >= 15 is 0 Å². The minimum atomic E-state index is -3.80. The monoisotopic (exact) mass is 475 g/mol. The van der Waals surface area contributed by atoms with Gasteiger partial charge in [0, 0.05) is 37.2 Å². The smallest absolute Gasteiger partial charge is 0.240 e. The lowest BCUT2D eigenvalue weighted by Gasteiger charge is -2.11. The number of ether oxygens (including phenoxy) is 2. The van der Waals surface area contributed by atoms with Crippen molar-refractivity contribution in [3.63, 3.8) is 0 Å². The second kappa shape index (κ2) is 11.2. The first-order valence-electron chi connectivity index (χ1n) is 10.8. The minimum Gasteiger partial charge on any atom is -0.490 e. The van der Waals surface area contributed by atoms with Gasteiger partial charge in [0.25, 0.3) is 0 Å². The van der Waals surface area contributed by atoms with Crippen LogP contribution in [0.3, 0.4) is 0 Å². The molecule has 10 heteroatoms. The van der Waals surface area contributed by atoms with Gasteiger partial charge in [0.1, 0.15) is 0 Å². The zero-order valence-electron chi connectivity index (χ0n) is 18.7. The van der Waals surface area contributed by atoms with E-state index in [1.807, 2.05) is 13.8 Å². The standard InChI is InChI=1S/C23H29N3O6S/c1-16(2)25-23(28)14-17-4-6-18(7-5-17)26-22(27)10-11-24-33(29,30)19-8-9-20-21(15-19)32-13-3-12-31-20/h4-9,15-16,24H,3,10-14H2,1-2H3,(H,25,28)(H,26,27). The molecule has 0 bridgehead atoms. The second-order valence-electron chi connectivity index (χ2n) is 7.95. The summed E-state index contributed by atoms with van der Waals surface area (Å²) >= 11 is 0. The molecule has 0 saturated heterocycles. The van der Waals surface area contributed by atoms with Crippen LogP contribution < -0.4 is 24.8 Å². The number of benzene rings is 2. The van der Waals surface area contributed by atoms with Gasteiger partial charge in [-0.2, -0.15) is 0 Å². The topological polar surface area (TPSA) is 123 Å². The molecule has 0 radical (unpaired) electrons. The highest BCUT2D eigenvalue weighted by molar-refractivity contribution is 7.89. The van der Waals surface area contributed by atoms with Crippen molar-refractivity contribution in [2.45, 2.75) is 44.0 Å². The lowest BCUT2D eigenvalue weighted by molar-refractivity contribution is -0.121. The highest BCUT2D eigenvalue weighted by atomic mass is 32.2. The zero-order chi connectivity index (χ0) is 23.8. The maximum atomic E-state index is 12.6. The first-order chi connectivity index (χ1) is 15.7. The summed E-state index contributed by atoms with van der Waals surface area (Å²) < 4.78 is 38.6. The molecule has 3 N–H and O–H groups in total. The molecule has 0 saturated carbocycles. The average Bonchev–Trinajstić information content (AvgIpc) is 2.99. The Labute approximate surface area is 193 Å². The molecule has 1 heterocycles. The van der Waals surface area contributed by atoms with E-state index in [0.29, 0.717) is 30.4 Å². The van der Waals surface area contributed by atoms with Gasteiger partial charge in [-0.3, -0.25) is 9.59 Å². The van der Waals surface area contributed by atoms with Crippen LogP contribution in [0.1, 0.15) is 32.3 Å². The minimum absolute atomic E-state index is 0.0394. The van der Waals surface area contributed by atoms with Gasteiger partial charge < -0.3 is 20.1 Å². The van der Waals surface area contributed by atoms with Crippen molar-refractivity contribution in [3.8, 4) is 11.5 Å². The molecule has 3 rings (SSSR count). The quantitative estimate of drug-likeness (QED) is 0.511.